The van der Waals surface area contributed by atoms with Crippen molar-refractivity contribution in [1.29, 1.82) is 0 Å². The molecule has 7 nitrogen and oxygen atoms in total. The minimum absolute atomic E-state index is 0.0776. The van der Waals surface area contributed by atoms with Gasteiger partial charge in [0.2, 0.25) is 0 Å². The summed E-state index contributed by atoms with van der Waals surface area (Å²) in [4.78, 5) is 44.7. The van der Waals surface area contributed by atoms with Gasteiger partial charge in [-0.25, -0.2) is 14.2 Å². The maximum Gasteiger partial charge on any atom is 0.350 e. The Morgan fingerprint density at radius 2 is 1.83 bits per heavy atom. The summed E-state index contributed by atoms with van der Waals surface area (Å²) < 4.78 is 19.4. The average Bonchev–Trinajstić information content (AvgIpc) is 3.37. The molecule has 1 amide bonds. The summed E-state index contributed by atoms with van der Waals surface area (Å²) >= 11 is 0.934. The first-order valence-corrected chi connectivity index (χ1v) is 12.3. The Morgan fingerprint density at radius 1 is 1.14 bits per heavy atom. The number of anilines is 1. The second-order valence-electron chi connectivity index (χ2n) is 8.36. The van der Waals surface area contributed by atoms with Gasteiger partial charge in [0.05, 0.1) is 23.9 Å². The first-order chi connectivity index (χ1) is 17.2. The number of aromatic nitrogens is 1. The number of carbonyl (C=O) groups is 3. The minimum atomic E-state index is -1.03. The van der Waals surface area contributed by atoms with Gasteiger partial charge in [-0.05, 0) is 49.9 Å². The fraction of sp³-hybridized carbons (Fsp3) is 0.259. The molecule has 2 aromatic carbocycles. The summed E-state index contributed by atoms with van der Waals surface area (Å²) in [7, 11) is 0. The van der Waals surface area contributed by atoms with Crippen LogP contribution >= 0.6 is 11.3 Å². The minimum Gasteiger partial charge on any atom is -0.507 e. The van der Waals surface area contributed by atoms with Gasteiger partial charge in [0.1, 0.15) is 16.5 Å². The topological polar surface area (TPSA) is 96.8 Å². The molecule has 0 bridgehead atoms. The highest BCUT2D eigenvalue weighted by atomic mass is 32.1. The molecule has 1 atom stereocenters. The molecule has 1 aliphatic rings. The maximum absolute atomic E-state index is 14.3. The molecule has 36 heavy (non-hydrogen) atoms. The Labute approximate surface area is 211 Å². The lowest BCUT2D eigenvalue weighted by molar-refractivity contribution is -0.132. The third kappa shape index (κ3) is 4.42. The van der Waals surface area contributed by atoms with Crippen LogP contribution in [0.25, 0.3) is 5.76 Å². The van der Waals surface area contributed by atoms with Gasteiger partial charge < -0.3 is 9.84 Å². The van der Waals surface area contributed by atoms with Gasteiger partial charge >= 0.3 is 11.9 Å². The molecule has 1 N–H and O–H groups in total. The summed E-state index contributed by atoms with van der Waals surface area (Å²) in [5.74, 6) is -3.44. The quantitative estimate of drug-likeness (QED) is 0.211. The molecule has 1 fully saturated rings. The average molecular weight is 509 g/mol. The zero-order chi connectivity index (χ0) is 26.1. The van der Waals surface area contributed by atoms with Crippen molar-refractivity contribution in [3.8, 4) is 0 Å². The lowest BCUT2D eigenvalue weighted by atomic mass is 9.94. The molecular formula is C27H25FN2O5S. The number of aliphatic hydroxyl groups excluding tert-OH is 1. The summed E-state index contributed by atoms with van der Waals surface area (Å²) in [6.45, 7) is 7.05. The number of Topliss-reactive ketones (excluding diaryl/α,β-unsaturated/α-hetero) is 1. The smallest absolute Gasteiger partial charge is 0.350 e. The van der Waals surface area contributed by atoms with E-state index in [2.05, 4.69) is 4.98 Å². The van der Waals surface area contributed by atoms with E-state index in [0.717, 1.165) is 29.4 Å². The molecule has 1 saturated heterocycles. The number of hydrogen-bond acceptors (Lipinski definition) is 7. The highest BCUT2D eigenvalue weighted by Gasteiger charge is 2.48. The van der Waals surface area contributed by atoms with Crippen LogP contribution < -0.4 is 4.90 Å². The molecule has 0 aliphatic carbocycles. The molecule has 2 heterocycles. The van der Waals surface area contributed by atoms with E-state index in [0.29, 0.717) is 16.8 Å². The molecular weight excluding hydrogens is 483 g/mol. The Bertz CT molecular complexity index is 1390. The van der Waals surface area contributed by atoms with E-state index < -0.39 is 35.3 Å². The van der Waals surface area contributed by atoms with Crippen LogP contribution in [0.1, 0.15) is 57.5 Å². The van der Waals surface area contributed by atoms with E-state index in [4.69, 9.17) is 4.74 Å². The number of esters is 1. The number of nitrogens with zero attached hydrogens (tertiary/aromatic N) is 2. The summed E-state index contributed by atoms with van der Waals surface area (Å²) in [5, 5.41) is 11.3. The van der Waals surface area contributed by atoms with Crippen molar-refractivity contribution >= 4 is 39.9 Å². The Hall–Kier alpha value is -3.85. The normalized spacial score (nSPS) is 17.0. The highest BCUT2D eigenvalue weighted by molar-refractivity contribution is 7.17. The summed E-state index contributed by atoms with van der Waals surface area (Å²) in [6, 6.07) is 10.4. The molecule has 0 saturated carbocycles. The number of thiazole rings is 1. The predicted octanol–water partition coefficient (Wildman–Crippen LogP) is 5.26. The fourth-order valence-electron chi connectivity index (χ4n) is 4.05. The Kier molecular flexibility index (Phi) is 7.03. The number of aliphatic hydroxyl groups is 1. The van der Waals surface area contributed by atoms with Crippen molar-refractivity contribution in [2.24, 2.45) is 0 Å². The highest BCUT2D eigenvalue weighted by Crippen LogP contribution is 2.44. The van der Waals surface area contributed by atoms with Gasteiger partial charge in [-0.1, -0.05) is 54.7 Å². The number of aryl methyl sites for hydroxylation is 3. The third-order valence-corrected chi connectivity index (χ3v) is 7.18. The second-order valence-corrected chi connectivity index (χ2v) is 9.34. The van der Waals surface area contributed by atoms with Gasteiger partial charge in [-0.3, -0.25) is 14.5 Å². The van der Waals surface area contributed by atoms with Crippen LogP contribution in [0.3, 0.4) is 0 Å². The Morgan fingerprint density at radius 3 is 2.44 bits per heavy atom. The number of benzene rings is 2. The van der Waals surface area contributed by atoms with E-state index >= 15 is 0 Å². The number of hydrogen-bond donors (Lipinski definition) is 1. The summed E-state index contributed by atoms with van der Waals surface area (Å²) in [6.07, 6.45) is 0.789. The second kappa shape index (κ2) is 10.0. The largest absolute Gasteiger partial charge is 0.507 e. The molecule has 3 aromatic rings. The molecule has 186 valence electrons. The monoisotopic (exact) mass is 508 g/mol. The number of rotatable bonds is 6. The van der Waals surface area contributed by atoms with Gasteiger partial charge in [-0.15, -0.1) is 0 Å². The van der Waals surface area contributed by atoms with E-state index in [1.165, 1.54) is 17.0 Å². The van der Waals surface area contributed by atoms with E-state index in [9.17, 15) is 23.9 Å². The van der Waals surface area contributed by atoms with Crippen molar-refractivity contribution in [2.45, 2.75) is 40.2 Å². The standard InChI is InChI=1S/C27H25FN2O5S/c1-5-16-8-11-17(12-9-16)21-20(22(31)18-10-7-14(3)19(28)13-18)23(32)25(33)30(21)27-29-15(4)24(36-27)26(34)35-6-2/h7-13,21,31H,5-6H2,1-4H3/b22-20+. The van der Waals surface area contributed by atoms with Crippen LogP contribution in [0.15, 0.2) is 48.0 Å². The zero-order valence-corrected chi connectivity index (χ0v) is 21.1. The molecule has 1 aliphatic heterocycles. The SMILES string of the molecule is CCOC(=O)c1sc(N2C(=O)C(=O)/C(=C(/O)c3ccc(C)c(F)c3)C2c2ccc(CC)cc2)nc1C. The van der Waals surface area contributed by atoms with Crippen LogP contribution in [-0.2, 0) is 20.7 Å². The fourth-order valence-corrected chi connectivity index (χ4v) is 5.04. The molecule has 9 heteroatoms. The number of ketones is 1. The lowest BCUT2D eigenvalue weighted by Crippen LogP contribution is -2.29. The van der Waals surface area contributed by atoms with Crippen LogP contribution in [0.2, 0.25) is 0 Å². The predicted molar refractivity (Wildman–Crippen MR) is 135 cm³/mol. The van der Waals surface area contributed by atoms with E-state index in [1.807, 2.05) is 19.1 Å². The lowest BCUT2D eigenvalue weighted by Gasteiger charge is -2.23. The number of ether oxygens (including phenoxy) is 1. The van der Waals surface area contributed by atoms with Crippen molar-refractivity contribution in [3.05, 3.63) is 86.7 Å². The van der Waals surface area contributed by atoms with Crippen LogP contribution in [-0.4, -0.2) is 34.4 Å². The van der Waals surface area contributed by atoms with Crippen molar-refractivity contribution in [3.63, 3.8) is 0 Å². The van der Waals surface area contributed by atoms with Crippen molar-refractivity contribution in [1.82, 2.24) is 4.98 Å². The zero-order valence-electron chi connectivity index (χ0n) is 20.3. The number of carbonyl (C=O) groups excluding carboxylic acids is 3. The van der Waals surface area contributed by atoms with Crippen LogP contribution in [0.4, 0.5) is 9.52 Å². The maximum atomic E-state index is 14.3. The number of halogens is 1. The van der Waals surface area contributed by atoms with Crippen LogP contribution in [0, 0.1) is 19.7 Å². The van der Waals surface area contributed by atoms with Gasteiger partial charge in [-0.2, -0.15) is 0 Å². The number of amides is 1. The van der Waals surface area contributed by atoms with Gasteiger partial charge in [0.15, 0.2) is 5.13 Å². The summed E-state index contributed by atoms with van der Waals surface area (Å²) in [5.41, 5.74) is 2.24. The van der Waals surface area contributed by atoms with E-state index in [-0.39, 0.29) is 27.8 Å². The van der Waals surface area contributed by atoms with Crippen LogP contribution in [0.5, 0.6) is 0 Å². The molecule has 1 aromatic heterocycles. The Balaban J connectivity index is 1.91. The van der Waals surface area contributed by atoms with Crippen molar-refractivity contribution < 1.29 is 28.6 Å². The first kappa shape index (κ1) is 25.2. The third-order valence-electron chi connectivity index (χ3n) is 6.05. The molecule has 0 spiro atoms. The first-order valence-electron chi connectivity index (χ1n) is 11.5. The molecule has 1 unspecified atom stereocenters. The van der Waals surface area contributed by atoms with Gasteiger partial charge in [0, 0.05) is 5.56 Å². The van der Waals surface area contributed by atoms with Crippen molar-refractivity contribution in [2.75, 3.05) is 11.5 Å². The van der Waals surface area contributed by atoms with E-state index in [1.54, 1.807) is 32.9 Å². The molecule has 4 rings (SSSR count). The van der Waals surface area contributed by atoms with Gasteiger partial charge in [0.25, 0.3) is 5.78 Å². The molecule has 0 radical (unpaired) electrons.